The van der Waals surface area contributed by atoms with Crippen molar-refractivity contribution < 1.29 is 4.79 Å². The molecule has 0 spiro atoms. The molecule has 0 saturated carbocycles. The summed E-state index contributed by atoms with van der Waals surface area (Å²) in [5.41, 5.74) is 0.964. The Morgan fingerprint density at radius 3 is 3.05 bits per heavy atom. The van der Waals surface area contributed by atoms with Gasteiger partial charge in [0, 0.05) is 6.42 Å². The maximum atomic E-state index is 11.9. The van der Waals surface area contributed by atoms with Crippen molar-refractivity contribution in [2.24, 2.45) is 0 Å². The average Bonchev–Trinajstić information content (AvgIpc) is 2.94. The summed E-state index contributed by atoms with van der Waals surface area (Å²) < 4.78 is 0. The second-order valence-electron chi connectivity index (χ2n) is 4.31. The van der Waals surface area contributed by atoms with E-state index >= 15 is 0 Å². The zero-order chi connectivity index (χ0) is 15.1. The number of hydrogen-bond acceptors (Lipinski definition) is 5. The van der Waals surface area contributed by atoms with E-state index in [0.717, 1.165) is 18.7 Å². The number of hydrogen-bond donors (Lipinski definition) is 2. The fraction of sp³-hybridized carbons (Fsp3) is 0.286. The minimum Gasteiger partial charge on any atom is -0.324 e. The van der Waals surface area contributed by atoms with Gasteiger partial charge in [-0.25, -0.2) is 4.98 Å². The Hall–Kier alpha value is -2.33. The smallest absolute Gasteiger partial charge is 0.234 e. The molecule has 2 rings (SSSR count). The van der Waals surface area contributed by atoms with Gasteiger partial charge >= 0.3 is 0 Å². The largest absolute Gasteiger partial charge is 0.324 e. The van der Waals surface area contributed by atoms with Crippen molar-refractivity contribution in [2.45, 2.75) is 24.9 Å². The lowest BCUT2D eigenvalue weighted by atomic mass is 10.2. The van der Waals surface area contributed by atoms with Crippen molar-refractivity contribution in [1.29, 1.82) is 5.26 Å². The summed E-state index contributed by atoms with van der Waals surface area (Å²) in [7, 11) is 0. The van der Waals surface area contributed by atoms with Crippen molar-refractivity contribution >= 4 is 23.4 Å². The SMILES string of the molecule is CCCc1nc(SCC(=O)Nc2ccccc2C#N)n[nH]1. The number of anilines is 1. The molecule has 0 aliphatic heterocycles. The number of aryl methyl sites for hydroxylation is 1. The fourth-order valence-electron chi connectivity index (χ4n) is 1.70. The van der Waals surface area contributed by atoms with Crippen molar-refractivity contribution in [3.63, 3.8) is 0 Å². The van der Waals surface area contributed by atoms with E-state index in [-0.39, 0.29) is 11.7 Å². The molecule has 1 aromatic carbocycles. The molecule has 2 N–H and O–H groups in total. The van der Waals surface area contributed by atoms with Crippen LogP contribution in [-0.2, 0) is 11.2 Å². The number of benzene rings is 1. The molecule has 0 fully saturated rings. The molecule has 2 aromatic rings. The average molecular weight is 301 g/mol. The standard InChI is InChI=1S/C14H15N5OS/c1-2-5-12-17-14(19-18-12)21-9-13(20)16-11-7-4-3-6-10(11)8-15/h3-4,6-7H,2,5,9H2,1H3,(H,16,20)(H,17,18,19). The third-order valence-corrected chi connectivity index (χ3v) is 3.50. The normalized spacial score (nSPS) is 10.1. The van der Waals surface area contributed by atoms with E-state index in [9.17, 15) is 4.79 Å². The summed E-state index contributed by atoms with van der Waals surface area (Å²) in [6, 6.07) is 8.93. The monoisotopic (exact) mass is 301 g/mol. The molecule has 0 atom stereocenters. The Morgan fingerprint density at radius 1 is 1.48 bits per heavy atom. The van der Waals surface area contributed by atoms with Gasteiger partial charge in [0.05, 0.1) is 17.0 Å². The van der Waals surface area contributed by atoms with E-state index < -0.39 is 0 Å². The molecule has 0 radical (unpaired) electrons. The predicted octanol–water partition coefficient (Wildman–Crippen LogP) is 2.36. The lowest BCUT2D eigenvalue weighted by Crippen LogP contribution is -2.15. The number of nitrogens with one attached hydrogen (secondary N) is 2. The molecule has 108 valence electrons. The third-order valence-electron chi connectivity index (χ3n) is 2.65. The molecule has 7 heteroatoms. The zero-order valence-corrected chi connectivity index (χ0v) is 12.4. The maximum absolute atomic E-state index is 11.9. The molecular weight excluding hydrogens is 286 g/mol. The van der Waals surface area contributed by atoms with Crippen molar-refractivity contribution in [1.82, 2.24) is 15.2 Å². The fourth-order valence-corrected chi connectivity index (χ4v) is 2.31. The van der Waals surface area contributed by atoms with Crippen LogP contribution >= 0.6 is 11.8 Å². The van der Waals surface area contributed by atoms with Crippen molar-refractivity contribution in [3.05, 3.63) is 35.7 Å². The first-order chi connectivity index (χ1) is 10.2. The highest BCUT2D eigenvalue weighted by atomic mass is 32.2. The molecule has 1 heterocycles. The molecular formula is C14H15N5OS. The molecule has 0 aliphatic carbocycles. The first kappa shape index (κ1) is 15.1. The molecule has 21 heavy (non-hydrogen) atoms. The quantitative estimate of drug-likeness (QED) is 0.799. The Balaban J connectivity index is 1.88. The van der Waals surface area contributed by atoms with Gasteiger partial charge in [-0.05, 0) is 18.6 Å². The van der Waals surface area contributed by atoms with E-state index in [4.69, 9.17) is 5.26 Å². The molecule has 1 amide bonds. The number of carbonyl (C=O) groups excluding carboxylic acids is 1. The lowest BCUT2D eigenvalue weighted by Gasteiger charge is -2.05. The number of nitrogens with zero attached hydrogens (tertiary/aromatic N) is 3. The number of aromatic amines is 1. The van der Waals surface area contributed by atoms with Crippen LogP contribution in [0.5, 0.6) is 0 Å². The third kappa shape index (κ3) is 4.33. The van der Waals surface area contributed by atoms with Gasteiger partial charge in [-0.1, -0.05) is 30.8 Å². The van der Waals surface area contributed by atoms with Crippen LogP contribution in [0.2, 0.25) is 0 Å². The molecule has 6 nitrogen and oxygen atoms in total. The van der Waals surface area contributed by atoms with E-state index in [2.05, 4.69) is 27.4 Å². The van der Waals surface area contributed by atoms with Gasteiger partial charge in [0.25, 0.3) is 0 Å². The summed E-state index contributed by atoms with van der Waals surface area (Å²) in [6.07, 6.45) is 1.83. The van der Waals surface area contributed by atoms with Crippen LogP contribution in [-0.4, -0.2) is 26.8 Å². The molecule has 0 aliphatic rings. The van der Waals surface area contributed by atoms with E-state index in [0.29, 0.717) is 16.4 Å². The number of carbonyl (C=O) groups is 1. The van der Waals surface area contributed by atoms with Crippen molar-refractivity contribution in [2.75, 3.05) is 11.1 Å². The highest BCUT2D eigenvalue weighted by Gasteiger charge is 2.09. The summed E-state index contributed by atoms with van der Waals surface area (Å²) >= 11 is 1.26. The molecule has 0 bridgehead atoms. The van der Waals surface area contributed by atoms with Crippen LogP contribution in [0.25, 0.3) is 0 Å². The summed E-state index contributed by atoms with van der Waals surface area (Å²) in [4.78, 5) is 16.2. The Morgan fingerprint density at radius 2 is 2.29 bits per heavy atom. The summed E-state index contributed by atoms with van der Waals surface area (Å²) in [5, 5.41) is 19.1. The van der Waals surface area contributed by atoms with Crippen LogP contribution < -0.4 is 5.32 Å². The Kier molecular flexibility index (Phi) is 5.35. The topological polar surface area (TPSA) is 94.5 Å². The van der Waals surface area contributed by atoms with Crippen LogP contribution in [0, 0.1) is 11.3 Å². The van der Waals surface area contributed by atoms with E-state index in [1.807, 2.05) is 6.07 Å². The number of nitriles is 1. The highest BCUT2D eigenvalue weighted by Crippen LogP contribution is 2.16. The first-order valence-electron chi connectivity index (χ1n) is 6.56. The molecule has 0 unspecified atom stereocenters. The van der Waals surface area contributed by atoms with Gasteiger partial charge in [0.1, 0.15) is 11.9 Å². The van der Waals surface area contributed by atoms with Gasteiger partial charge < -0.3 is 5.32 Å². The van der Waals surface area contributed by atoms with Crippen LogP contribution in [0.1, 0.15) is 24.7 Å². The van der Waals surface area contributed by atoms with Crippen LogP contribution in [0.4, 0.5) is 5.69 Å². The van der Waals surface area contributed by atoms with E-state index in [1.54, 1.807) is 24.3 Å². The van der Waals surface area contributed by atoms with Gasteiger partial charge in [-0.2, -0.15) is 5.26 Å². The first-order valence-corrected chi connectivity index (χ1v) is 7.54. The number of aromatic nitrogens is 3. The molecule has 0 saturated heterocycles. The number of amides is 1. The van der Waals surface area contributed by atoms with E-state index in [1.165, 1.54) is 11.8 Å². The maximum Gasteiger partial charge on any atom is 0.234 e. The number of thioether (sulfide) groups is 1. The zero-order valence-electron chi connectivity index (χ0n) is 11.6. The number of H-pyrrole nitrogens is 1. The lowest BCUT2D eigenvalue weighted by molar-refractivity contribution is -0.113. The minimum atomic E-state index is -0.190. The second kappa shape index (κ2) is 7.45. The van der Waals surface area contributed by atoms with Gasteiger partial charge in [-0.15, -0.1) is 5.10 Å². The van der Waals surface area contributed by atoms with Gasteiger partial charge in [0.2, 0.25) is 11.1 Å². The highest BCUT2D eigenvalue weighted by molar-refractivity contribution is 7.99. The molecule has 1 aromatic heterocycles. The predicted molar refractivity (Wildman–Crippen MR) is 80.9 cm³/mol. The van der Waals surface area contributed by atoms with Crippen molar-refractivity contribution in [3.8, 4) is 6.07 Å². The summed E-state index contributed by atoms with van der Waals surface area (Å²) in [6.45, 7) is 2.06. The van der Waals surface area contributed by atoms with Gasteiger partial charge in [0.15, 0.2) is 0 Å². The van der Waals surface area contributed by atoms with Crippen LogP contribution in [0.15, 0.2) is 29.4 Å². The number of para-hydroxylation sites is 1. The number of rotatable bonds is 6. The second-order valence-corrected chi connectivity index (χ2v) is 5.25. The minimum absolute atomic E-state index is 0.190. The summed E-state index contributed by atoms with van der Waals surface area (Å²) in [5.74, 6) is 0.836. The van der Waals surface area contributed by atoms with Gasteiger partial charge in [-0.3, -0.25) is 9.89 Å². The van der Waals surface area contributed by atoms with Crippen LogP contribution in [0.3, 0.4) is 0 Å². The Bertz CT molecular complexity index is 661. The Labute approximate surface area is 127 Å².